The molecule has 5 heteroatoms. The van der Waals surface area contributed by atoms with Crippen molar-refractivity contribution in [2.24, 2.45) is 0 Å². The number of carbonyl (C=O) groups excluding carboxylic acids is 1. The molecule has 0 saturated heterocycles. The van der Waals surface area contributed by atoms with Crippen LogP contribution in [-0.2, 0) is 4.79 Å². The first-order valence-electron chi connectivity index (χ1n) is 6.93. The van der Waals surface area contributed by atoms with Gasteiger partial charge in [-0.2, -0.15) is 11.8 Å². The van der Waals surface area contributed by atoms with E-state index in [0.29, 0.717) is 10.8 Å². The predicted octanol–water partition coefficient (Wildman–Crippen LogP) is 2.80. The predicted molar refractivity (Wildman–Crippen MR) is 85.5 cm³/mol. The van der Waals surface area contributed by atoms with Gasteiger partial charge in [0.2, 0.25) is 0 Å². The molecule has 0 spiro atoms. The van der Waals surface area contributed by atoms with Gasteiger partial charge in [0.05, 0.1) is 0 Å². The Balaban J connectivity index is 1.92. The maximum absolute atomic E-state index is 12.1. The Hall–Kier alpha value is -1.75. The molecule has 1 aliphatic carbocycles. The smallest absolute Gasteiger partial charge is 0.328 e. The molecule has 1 amide bonds. The molecule has 1 aromatic rings. The molecule has 21 heavy (non-hydrogen) atoms. The van der Waals surface area contributed by atoms with E-state index < -0.39 is 5.97 Å². The highest BCUT2D eigenvalue weighted by atomic mass is 32.2. The molecule has 1 saturated carbocycles. The fourth-order valence-corrected chi connectivity index (χ4v) is 3.26. The summed E-state index contributed by atoms with van der Waals surface area (Å²) >= 11 is 1.86. The average Bonchev–Trinajstić information content (AvgIpc) is 2.93. The summed E-state index contributed by atoms with van der Waals surface area (Å²) in [5, 5.41) is 12.3. The molecule has 1 aromatic carbocycles. The van der Waals surface area contributed by atoms with E-state index in [0.717, 1.165) is 30.9 Å². The van der Waals surface area contributed by atoms with E-state index in [1.54, 1.807) is 24.3 Å². The Morgan fingerprint density at radius 1 is 1.29 bits per heavy atom. The van der Waals surface area contributed by atoms with Gasteiger partial charge in [0.25, 0.3) is 5.91 Å². The highest BCUT2D eigenvalue weighted by molar-refractivity contribution is 7.99. The Morgan fingerprint density at radius 3 is 2.57 bits per heavy atom. The van der Waals surface area contributed by atoms with Gasteiger partial charge in [0, 0.05) is 22.9 Å². The molecule has 0 heterocycles. The third kappa shape index (κ3) is 4.63. The number of hydrogen-bond acceptors (Lipinski definition) is 3. The van der Waals surface area contributed by atoms with Crippen molar-refractivity contribution in [1.29, 1.82) is 0 Å². The van der Waals surface area contributed by atoms with Gasteiger partial charge in [0.15, 0.2) is 0 Å². The van der Waals surface area contributed by atoms with Crippen molar-refractivity contribution in [1.82, 2.24) is 5.32 Å². The molecule has 112 valence electrons. The molecular formula is C16H19NO3S. The molecule has 0 aliphatic heterocycles. The SMILES string of the molecule is CSC1CCC(NC(=O)c2ccc(/C=C/C(=O)O)cc2)C1. The number of aliphatic carboxylic acids is 1. The summed E-state index contributed by atoms with van der Waals surface area (Å²) in [4.78, 5) is 22.6. The number of carboxylic acid groups (broad SMARTS) is 1. The van der Waals surface area contributed by atoms with Crippen molar-refractivity contribution in [3.8, 4) is 0 Å². The van der Waals surface area contributed by atoms with E-state index in [2.05, 4.69) is 11.6 Å². The number of benzene rings is 1. The Morgan fingerprint density at radius 2 is 2.00 bits per heavy atom. The summed E-state index contributed by atoms with van der Waals surface area (Å²) in [6, 6.07) is 7.19. The van der Waals surface area contributed by atoms with Crippen LogP contribution in [0.1, 0.15) is 35.2 Å². The summed E-state index contributed by atoms with van der Waals surface area (Å²) in [5.74, 6) is -1.04. The van der Waals surface area contributed by atoms with Crippen molar-refractivity contribution >= 4 is 29.7 Å². The van der Waals surface area contributed by atoms with Crippen LogP contribution < -0.4 is 5.32 Å². The first-order chi connectivity index (χ1) is 10.1. The summed E-state index contributed by atoms with van der Waals surface area (Å²) in [6.45, 7) is 0. The van der Waals surface area contributed by atoms with Gasteiger partial charge >= 0.3 is 5.97 Å². The topological polar surface area (TPSA) is 66.4 Å². The molecule has 2 atom stereocenters. The Labute approximate surface area is 128 Å². The minimum atomic E-state index is -0.985. The van der Waals surface area contributed by atoms with E-state index in [1.807, 2.05) is 11.8 Å². The summed E-state index contributed by atoms with van der Waals surface area (Å²) in [7, 11) is 0. The first kappa shape index (κ1) is 15.6. The largest absolute Gasteiger partial charge is 0.478 e. The Kier molecular flexibility index (Phi) is 5.44. The maximum atomic E-state index is 12.1. The number of amides is 1. The van der Waals surface area contributed by atoms with Crippen molar-refractivity contribution in [2.45, 2.75) is 30.6 Å². The fraction of sp³-hybridized carbons (Fsp3) is 0.375. The van der Waals surface area contributed by atoms with E-state index in [1.165, 1.54) is 6.08 Å². The van der Waals surface area contributed by atoms with Crippen molar-refractivity contribution in [3.05, 3.63) is 41.5 Å². The lowest BCUT2D eigenvalue weighted by atomic mass is 10.1. The monoisotopic (exact) mass is 305 g/mol. The molecule has 2 rings (SSSR count). The Bertz CT molecular complexity index is 539. The van der Waals surface area contributed by atoms with Crippen LogP contribution in [0.3, 0.4) is 0 Å². The normalized spacial score (nSPS) is 21.6. The number of rotatable bonds is 5. The van der Waals surface area contributed by atoms with Crippen LogP contribution in [0.25, 0.3) is 6.08 Å². The van der Waals surface area contributed by atoms with E-state index in [-0.39, 0.29) is 11.9 Å². The zero-order chi connectivity index (χ0) is 15.2. The van der Waals surface area contributed by atoms with Crippen molar-refractivity contribution in [2.75, 3.05) is 6.26 Å². The third-order valence-corrected chi connectivity index (χ3v) is 4.74. The summed E-state index contributed by atoms with van der Waals surface area (Å²) in [6.07, 6.45) is 7.92. The molecule has 0 aromatic heterocycles. The van der Waals surface area contributed by atoms with E-state index in [9.17, 15) is 9.59 Å². The summed E-state index contributed by atoms with van der Waals surface area (Å²) < 4.78 is 0. The standard InChI is InChI=1S/C16H19NO3S/c1-21-14-8-7-13(10-14)17-16(20)12-5-2-11(3-6-12)4-9-15(18)19/h2-6,9,13-14H,7-8,10H2,1H3,(H,17,20)(H,18,19)/b9-4+. The van der Waals surface area contributed by atoms with Crippen molar-refractivity contribution < 1.29 is 14.7 Å². The molecule has 1 fully saturated rings. The average molecular weight is 305 g/mol. The lowest BCUT2D eigenvalue weighted by Crippen LogP contribution is -2.33. The second-order valence-electron chi connectivity index (χ2n) is 5.13. The number of thioether (sulfide) groups is 1. The van der Waals surface area contributed by atoms with Crippen LogP contribution in [0.15, 0.2) is 30.3 Å². The van der Waals surface area contributed by atoms with E-state index >= 15 is 0 Å². The molecule has 2 unspecified atom stereocenters. The van der Waals surface area contributed by atoms with Gasteiger partial charge in [-0.15, -0.1) is 0 Å². The third-order valence-electron chi connectivity index (χ3n) is 3.64. The van der Waals surface area contributed by atoms with Crippen LogP contribution in [0.5, 0.6) is 0 Å². The second kappa shape index (κ2) is 7.31. The quantitative estimate of drug-likeness (QED) is 0.821. The fourth-order valence-electron chi connectivity index (χ4n) is 2.47. The van der Waals surface area contributed by atoms with Crippen LogP contribution in [0.2, 0.25) is 0 Å². The molecule has 1 aliphatic rings. The van der Waals surface area contributed by atoms with Gasteiger partial charge in [-0.1, -0.05) is 12.1 Å². The zero-order valence-electron chi connectivity index (χ0n) is 11.9. The van der Waals surface area contributed by atoms with Gasteiger partial charge in [-0.05, 0) is 49.3 Å². The van der Waals surface area contributed by atoms with Crippen LogP contribution in [0.4, 0.5) is 0 Å². The van der Waals surface area contributed by atoms with Gasteiger partial charge in [-0.3, -0.25) is 4.79 Å². The van der Waals surface area contributed by atoms with Gasteiger partial charge in [-0.25, -0.2) is 4.79 Å². The molecule has 0 bridgehead atoms. The lowest BCUT2D eigenvalue weighted by Gasteiger charge is -2.12. The zero-order valence-corrected chi connectivity index (χ0v) is 12.7. The number of nitrogens with one attached hydrogen (secondary N) is 1. The van der Waals surface area contributed by atoms with Crippen molar-refractivity contribution in [3.63, 3.8) is 0 Å². The first-order valence-corrected chi connectivity index (χ1v) is 8.22. The number of carboxylic acids is 1. The van der Waals surface area contributed by atoms with Crippen LogP contribution >= 0.6 is 11.8 Å². The second-order valence-corrected chi connectivity index (χ2v) is 6.27. The molecule has 2 N–H and O–H groups in total. The molecule has 0 radical (unpaired) electrons. The highest BCUT2D eigenvalue weighted by Gasteiger charge is 2.25. The molecular weight excluding hydrogens is 286 g/mol. The summed E-state index contributed by atoms with van der Waals surface area (Å²) in [5.41, 5.74) is 1.37. The lowest BCUT2D eigenvalue weighted by molar-refractivity contribution is -0.131. The van der Waals surface area contributed by atoms with Crippen LogP contribution in [-0.4, -0.2) is 34.5 Å². The number of hydrogen-bond donors (Lipinski definition) is 2. The maximum Gasteiger partial charge on any atom is 0.328 e. The van der Waals surface area contributed by atoms with Crippen LogP contribution in [0, 0.1) is 0 Å². The number of carbonyl (C=O) groups is 2. The minimum absolute atomic E-state index is 0.0597. The van der Waals surface area contributed by atoms with E-state index in [4.69, 9.17) is 5.11 Å². The minimum Gasteiger partial charge on any atom is -0.478 e. The highest BCUT2D eigenvalue weighted by Crippen LogP contribution is 2.28. The molecule has 4 nitrogen and oxygen atoms in total. The van der Waals surface area contributed by atoms with Gasteiger partial charge in [0.1, 0.15) is 0 Å². The van der Waals surface area contributed by atoms with Gasteiger partial charge < -0.3 is 10.4 Å².